The number of amides is 1. The number of benzene rings is 2. The second kappa shape index (κ2) is 5.85. The van der Waals surface area contributed by atoms with Gasteiger partial charge in [-0.15, -0.1) is 0 Å². The van der Waals surface area contributed by atoms with Crippen molar-refractivity contribution in [2.45, 2.75) is 20.3 Å². The van der Waals surface area contributed by atoms with Crippen LogP contribution in [0.15, 0.2) is 42.6 Å². The van der Waals surface area contributed by atoms with E-state index < -0.39 is 0 Å². The fourth-order valence-electron chi connectivity index (χ4n) is 2.71. The molecule has 3 rings (SSSR count). The average molecular weight is 313 g/mol. The summed E-state index contributed by atoms with van der Waals surface area (Å²) in [5.41, 5.74) is 4.76. The quantitative estimate of drug-likeness (QED) is 0.728. The van der Waals surface area contributed by atoms with Crippen LogP contribution in [0, 0.1) is 13.8 Å². The first-order valence-corrected chi connectivity index (χ1v) is 7.54. The molecule has 1 heterocycles. The fourth-order valence-corrected chi connectivity index (χ4v) is 3.08. The van der Waals surface area contributed by atoms with Crippen LogP contribution in [0.25, 0.3) is 10.9 Å². The van der Waals surface area contributed by atoms with Crippen molar-refractivity contribution >= 4 is 34.1 Å². The lowest BCUT2D eigenvalue weighted by Gasteiger charge is -2.11. The van der Waals surface area contributed by atoms with Crippen LogP contribution >= 0.6 is 11.6 Å². The predicted molar refractivity (Wildman–Crippen MR) is 91.6 cm³/mol. The lowest BCUT2D eigenvalue weighted by Crippen LogP contribution is -2.15. The van der Waals surface area contributed by atoms with E-state index >= 15 is 0 Å². The molecular formula is C18H17ClN2O. The molecule has 1 aromatic heterocycles. The molecule has 0 bridgehead atoms. The molecule has 3 aromatic rings. The largest absolute Gasteiger partial charge is 0.361 e. The minimum absolute atomic E-state index is 0.0707. The number of anilines is 1. The molecule has 0 atom stereocenters. The Morgan fingerprint density at radius 1 is 1.23 bits per heavy atom. The van der Waals surface area contributed by atoms with Gasteiger partial charge in [0.1, 0.15) is 0 Å². The van der Waals surface area contributed by atoms with Crippen molar-refractivity contribution in [2.75, 3.05) is 5.32 Å². The predicted octanol–water partition coefficient (Wildman–Crippen LogP) is 4.62. The highest BCUT2D eigenvalue weighted by atomic mass is 35.5. The molecule has 2 N–H and O–H groups in total. The van der Waals surface area contributed by atoms with Gasteiger partial charge in [-0.25, -0.2) is 0 Å². The third-order valence-corrected chi connectivity index (χ3v) is 4.02. The number of hydrogen-bond acceptors (Lipinski definition) is 1. The summed E-state index contributed by atoms with van der Waals surface area (Å²) in [6.45, 7) is 3.93. The number of rotatable bonds is 3. The normalized spacial score (nSPS) is 10.9. The minimum Gasteiger partial charge on any atom is -0.361 e. The van der Waals surface area contributed by atoms with Gasteiger partial charge in [0.15, 0.2) is 0 Å². The maximum atomic E-state index is 12.3. The van der Waals surface area contributed by atoms with Gasteiger partial charge in [0.25, 0.3) is 0 Å². The maximum absolute atomic E-state index is 12.3. The molecule has 0 fully saturated rings. The van der Waals surface area contributed by atoms with Gasteiger partial charge in [0, 0.05) is 17.1 Å². The average Bonchev–Trinajstić information content (AvgIpc) is 2.86. The Morgan fingerprint density at radius 3 is 2.77 bits per heavy atom. The molecule has 3 nitrogen and oxygen atoms in total. The standard InChI is InChI=1S/C18H17ClN2O/c1-11-7-12(2)18(15(19)8-11)21-17(22)9-13-10-20-16-6-4-3-5-14(13)16/h3-8,10,20H,9H2,1-2H3,(H,21,22). The number of hydrogen-bond donors (Lipinski definition) is 2. The molecule has 0 aliphatic heterocycles. The Labute approximate surface area is 134 Å². The number of H-pyrrole nitrogens is 1. The van der Waals surface area contributed by atoms with E-state index in [1.165, 1.54) is 0 Å². The number of fused-ring (bicyclic) bond motifs is 1. The van der Waals surface area contributed by atoms with Crippen molar-refractivity contribution in [3.63, 3.8) is 0 Å². The number of halogens is 1. The molecule has 112 valence electrons. The van der Waals surface area contributed by atoms with E-state index in [1.807, 2.05) is 56.4 Å². The maximum Gasteiger partial charge on any atom is 0.228 e. The summed E-state index contributed by atoms with van der Waals surface area (Å²) in [5, 5.41) is 4.57. The van der Waals surface area contributed by atoms with E-state index in [1.54, 1.807) is 0 Å². The molecule has 1 amide bonds. The van der Waals surface area contributed by atoms with Crippen molar-refractivity contribution in [1.82, 2.24) is 4.98 Å². The first-order valence-electron chi connectivity index (χ1n) is 7.16. The Balaban J connectivity index is 1.81. The zero-order chi connectivity index (χ0) is 15.7. The molecule has 0 radical (unpaired) electrons. The third-order valence-electron chi connectivity index (χ3n) is 3.72. The highest BCUT2D eigenvalue weighted by molar-refractivity contribution is 6.34. The van der Waals surface area contributed by atoms with Crippen molar-refractivity contribution in [3.05, 3.63) is 64.3 Å². The zero-order valence-electron chi connectivity index (χ0n) is 12.5. The molecule has 0 saturated heterocycles. The molecule has 0 unspecified atom stereocenters. The van der Waals surface area contributed by atoms with Crippen LogP contribution in [-0.4, -0.2) is 10.9 Å². The Bertz CT molecular complexity index is 828. The van der Waals surface area contributed by atoms with E-state index in [0.717, 1.165) is 27.6 Å². The topological polar surface area (TPSA) is 44.9 Å². The van der Waals surface area contributed by atoms with Crippen LogP contribution < -0.4 is 5.32 Å². The number of aromatic nitrogens is 1. The Hall–Kier alpha value is -2.26. The van der Waals surface area contributed by atoms with Gasteiger partial charge in [-0.3, -0.25) is 4.79 Å². The van der Waals surface area contributed by atoms with Crippen LogP contribution in [0.3, 0.4) is 0 Å². The van der Waals surface area contributed by atoms with Gasteiger partial charge in [-0.05, 0) is 42.7 Å². The molecular weight excluding hydrogens is 296 g/mol. The molecule has 4 heteroatoms. The lowest BCUT2D eigenvalue weighted by molar-refractivity contribution is -0.115. The number of carbonyl (C=O) groups is 1. The van der Waals surface area contributed by atoms with Crippen molar-refractivity contribution in [1.29, 1.82) is 0 Å². The van der Waals surface area contributed by atoms with Crippen molar-refractivity contribution in [3.8, 4) is 0 Å². The number of aryl methyl sites for hydroxylation is 2. The Kier molecular flexibility index (Phi) is 3.90. The summed E-state index contributed by atoms with van der Waals surface area (Å²) in [4.78, 5) is 15.5. The minimum atomic E-state index is -0.0707. The summed E-state index contributed by atoms with van der Waals surface area (Å²) in [7, 11) is 0. The van der Waals surface area contributed by atoms with Crippen molar-refractivity contribution in [2.24, 2.45) is 0 Å². The molecule has 2 aromatic carbocycles. The summed E-state index contributed by atoms with van der Waals surface area (Å²) in [6.07, 6.45) is 2.20. The molecule has 0 aliphatic rings. The number of nitrogens with one attached hydrogen (secondary N) is 2. The number of aromatic amines is 1. The molecule has 22 heavy (non-hydrogen) atoms. The van der Waals surface area contributed by atoms with E-state index in [2.05, 4.69) is 10.3 Å². The first kappa shape index (κ1) is 14.7. The second-order valence-electron chi connectivity index (χ2n) is 5.52. The van der Waals surface area contributed by atoms with Gasteiger partial charge < -0.3 is 10.3 Å². The fraction of sp³-hybridized carbons (Fsp3) is 0.167. The van der Waals surface area contributed by atoms with Crippen LogP contribution in [-0.2, 0) is 11.2 Å². The van der Waals surface area contributed by atoms with Gasteiger partial charge in [0.2, 0.25) is 5.91 Å². The molecule has 0 aliphatic carbocycles. The summed E-state index contributed by atoms with van der Waals surface area (Å²) in [5.74, 6) is -0.0707. The third kappa shape index (κ3) is 2.85. The van der Waals surface area contributed by atoms with Gasteiger partial charge in [-0.1, -0.05) is 35.9 Å². The summed E-state index contributed by atoms with van der Waals surface area (Å²) in [6, 6.07) is 11.8. The first-order chi connectivity index (χ1) is 10.5. The van der Waals surface area contributed by atoms with E-state index in [4.69, 9.17) is 11.6 Å². The second-order valence-corrected chi connectivity index (χ2v) is 5.93. The van der Waals surface area contributed by atoms with Crippen molar-refractivity contribution < 1.29 is 4.79 Å². The smallest absolute Gasteiger partial charge is 0.228 e. The van der Waals surface area contributed by atoms with Gasteiger partial charge in [0.05, 0.1) is 17.1 Å². The van der Waals surface area contributed by atoms with Crippen LogP contribution in [0.2, 0.25) is 5.02 Å². The van der Waals surface area contributed by atoms with Gasteiger partial charge >= 0.3 is 0 Å². The number of carbonyl (C=O) groups excluding carboxylic acids is 1. The van der Waals surface area contributed by atoms with Gasteiger partial charge in [-0.2, -0.15) is 0 Å². The van der Waals surface area contributed by atoms with Crippen LogP contribution in [0.1, 0.15) is 16.7 Å². The number of para-hydroxylation sites is 1. The zero-order valence-corrected chi connectivity index (χ0v) is 13.3. The van der Waals surface area contributed by atoms with E-state index in [-0.39, 0.29) is 5.91 Å². The van der Waals surface area contributed by atoms with E-state index in [9.17, 15) is 4.79 Å². The highest BCUT2D eigenvalue weighted by Gasteiger charge is 2.12. The molecule has 0 spiro atoms. The van der Waals surface area contributed by atoms with Crippen LogP contribution in [0.4, 0.5) is 5.69 Å². The summed E-state index contributed by atoms with van der Waals surface area (Å²) >= 11 is 6.23. The summed E-state index contributed by atoms with van der Waals surface area (Å²) < 4.78 is 0. The monoisotopic (exact) mass is 312 g/mol. The Morgan fingerprint density at radius 2 is 2.00 bits per heavy atom. The highest BCUT2D eigenvalue weighted by Crippen LogP contribution is 2.27. The van der Waals surface area contributed by atoms with Crippen LogP contribution in [0.5, 0.6) is 0 Å². The van der Waals surface area contributed by atoms with E-state index in [0.29, 0.717) is 17.1 Å². The SMILES string of the molecule is Cc1cc(C)c(NC(=O)Cc2c[nH]c3ccccc23)c(Cl)c1. The molecule has 0 saturated carbocycles. The lowest BCUT2D eigenvalue weighted by atomic mass is 10.1.